The van der Waals surface area contributed by atoms with Gasteiger partial charge in [0.2, 0.25) is 5.91 Å². The normalized spacial score (nSPS) is 12.8. The van der Waals surface area contributed by atoms with Gasteiger partial charge in [0.05, 0.1) is 12.1 Å². The van der Waals surface area contributed by atoms with Gasteiger partial charge in [0, 0.05) is 11.3 Å². The van der Waals surface area contributed by atoms with Crippen molar-refractivity contribution in [3.63, 3.8) is 0 Å². The lowest BCUT2D eigenvalue weighted by atomic mass is 9.97. The minimum atomic E-state index is -0.442. The summed E-state index contributed by atoms with van der Waals surface area (Å²) in [5.41, 5.74) is 4.57. The van der Waals surface area contributed by atoms with Crippen LogP contribution in [-0.2, 0) is 4.79 Å². The number of hydrogen-bond acceptors (Lipinski definition) is 3. The van der Waals surface area contributed by atoms with Crippen molar-refractivity contribution in [3.05, 3.63) is 101 Å². The summed E-state index contributed by atoms with van der Waals surface area (Å²) in [7, 11) is 0. The van der Waals surface area contributed by atoms with Crippen molar-refractivity contribution in [2.75, 3.05) is 5.32 Å². The quantitative estimate of drug-likeness (QED) is 0.568. The van der Waals surface area contributed by atoms with Gasteiger partial charge in [-0.05, 0) is 44.0 Å². The van der Waals surface area contributed by atoms with Crippen LogP contribution in [-0.4, -0.2) is 17.7 Å². The number of nitrogens with one attached hydrogen (secondary N) is 2. The highest BCUT2D eigenvalue weighted by molar-refractivity contribution is 5.98. The molecule has 0 aliphatic carbocycles. The predicted molar refractivity (Wildman–Crippen MR) is 117 cm³/mol. The van der Waals surface area contributed by atoms with Gasteiger partial charge in [0.25, 0.3) is 0 Å². The van der Waals surface area contributed by atoms with Gasteiger partial charge in [-0.15, -0.1) is 0 Å². The SMILES string of the molecule is CC(=O)c1cccc(NC(=O)[C@H](C)N[C@@H](c2ccccc2)c2ccc(C)cc2)c1. The molecule has 3 rings (SSSR count). The molecule has 0 heterocycles. The minimum absolute atomic E-state index is 0.0317. The maximum Gasteiger partial charge on any atom is 0.241 e. The Hall–Kier alpha value is -3.24. The van der Waals surface area contributed by atoms with Crippen LogP contribution in [0.4, 0.5) is 5.69 Å². The molecule has 0 bridgehead atoms. The van der Waals surface area contributed by atoms with E-state index < -0.39 is 6.04 Å². The second kappa shape index (κ2) is 9.30. The number of Topliss-reactive ketones (excluding diaryl/α,β-unsaturated/α-hetero) is 1. The molecule has 0 aromatic heterocycles. The highest BCUT2D eigenvalue weighted by Gasteiger charge is 2.21. The third kappa shape index (κ3) is 5.39. The van der Waals surface area contributed by atoms with Crippen molar-refractivity contribution >= 4 is 17.4 Å². The van der Waals surface area contributed by atoms with Crippen molar-refractivity contribution in [1.29, 1.82) is 0 Å². The smallest absolute Gasteiger partial charge is 0.241 e. The third-order valence-corrected chi connectivity index (χ3v) is 4.89. The minimum Gasteiger partial charge on any atom is -0.325 e. The summed E-state index contributed by atoms with van der Waals surface area (Å²) in [6, 6.07) is 24.8. The Balaban J connectivity index is 1.78. The molecule has 0 saturated carbocycles. The van der Waals surface area contributed by atoms with Gasteiger partial charge in [-0.3, -0.25) is 14.9 Å². The van der Waals surface area contributed by atoms with Crippen LogP contribution in [0.5, 0.6) is 0 Å². The Bertz CT molecular complexity index is 981. The molecule has 0 unspecified atom stereocenters. The van der Waals surface area contributed by atoms with Crippen LogP contribution < -0.4 is 10.6 Å². The van der Waals surface area contributed by atoms with Gasteiger partial charge < -0.3 is 5.32 Å². The number of anilines is 1. The molecule has 0 aliphatic rings. The zero-order valence-electron chi connectivity index (χ0n) is 17.0. The van der Waals surface area contributed by atoms with E-state index in [0.29, 0.717) is 11.3 Å². The lowest BCUT2D eigenvalue weighted by molar-refractivity contribution is -0.117. The van der Waals surface area contributed by atoms with Crippen molar-refractivity contribution in [1.82, 2.24) is 5.32 Å². The highest BCUT2D eigenvalue weighted by Crippen LogP contribution is 2.23. The Labute approximate surface area is 172 Å². The summed E-state index contributed by atoms with van der Waals surface area (Å²) in [6.07, 6.45) is 0. The molecule has 2 atom stereocenters. The zero-order valence-corrected chi connectivity index (χ0v) is 17.0. The average molecular weight is 386 g/mol. The number of aryl methyl sites for hydroxylation is 1. The molecular weight excluding hydrogens is 360 g/mol. The van der Waals surface area contributed by atoms with E-state index in [0.717, 1.165) is 11.1 Å². The maximum atomic E-state index is 12.8. The molecule has 2 N–H and O–H groups in total. The first-order valence-electron chi connectivity index (χ1n) is 9.73. The number of carbonyl (C=O) groups excluding carboxylic acids is 2. The second-order valence-corrected chi connectivity index (χ2v) is 7.27. The monoisotopic (exact) mass is 386 g/mol. The van der Waals surface area contributed by atoms with Gasteiger partial charge in [-0.25, -0.2) is 0 Å². The molecule has 4 heteroatoms. The van der Waals surface area contributed by atoms with Crippen LogP contribution in [0.2, 0.25) is 0 Å². The summed E-state index contributed by atoms with van der Waals surface area (Å²) in [4.78, 5) is 24.4. The molecule has 3 aromatic carbocycles. The summed E-state index contributed by atoms with van der Waals surface area (Å²) in [5.74, 6) is -0.186. The second-order valence-electron chi connectivity index (χ2n) is 7.27. The molecular formula is C25H26N2O2. The van der Waals surface area contributed by atoms with Gasteiger partial charge in [0.15, 0.2) is 5.78 Å². The fourth-order valence-corrected chi connectivity index (χ4v) is 3.18. The molecule has 4 nitrogen and oxygen atoms in total. The van der Waals surface area contributed by atoms with Gasteiger partial charge in [-0.2, -0.15) is 0 Å². The predicted octanol–water partition coefficient (Wildman–Crippen LogP) is 4.90. The molecule has 0 radical (unpaired) electrons. The number of benzene rings is 3. The van der Waals surface area contributed by atoms with E-state index in [1.165, 1.54) is 12.5 Å². The van der Waals surface area contributed by atoms with Crippen molar-refractivity contribution in [2.24, 2.45) is 0 Å². The van der Waals surface area contributed by atoms with Crippen molar-refractivity contribution < 1.29 is 9.59 Å². The molecule has 29 heavy (non-hydrogen) atoms. The van der Waals surface area contributed by atoms with E-state index in [1.54, 1.807) is 24.3 Å². The van der Waals surface area contributed by atoms with Crippen LogP contribution in [0.3, 0.4) is 0 Å². The van der Waals surface area contributed by atoms with Crippen LogP contribution in [0.15, 0.2) is 78.9 Å². The van der Waals surface area contributed by atoms with E-state index in [-0.39, 0.29) is 17.7 Å². The van der Waals surface area contributed by atoms with Crippen molar-refractivity contribution in [3.8, 4) is 0 Å². The van der Waals surface area contributed by atoms with Gasteiger partial charge in [-0.1, -0.05) is 72.3 Å². The van der Waals surface area contributed by atoms with E-state index in [9.17, 15) is 9.59 Å². The van der Waals surface area contributed by atoms with Crippen molar-refractivity contribution in [2.45, 2.75) is 32.9 Å². The summed E-state index contributed by atoms with van der Waals surface area (Å²) in [5, 5.41) is 6.35. The fourth-order valence-electron chi connectivity index (χ4n) is 3.18. The molecule has 0 fully saturated rings. The molecule has 1 amide bonds. The summed E-state index contributed by atoms with van der Waals surface area (Å²) < 4.78 is 0. The molecule has 0 saturated heterocycles. The standard InChI is InChI=1S/C25H26N2O2/c1-17-12-14-21(15-13-17)24(20-8-5-4-6-9-20)26-18(2)25(29)27-23-11-7-10-22(16-23)19(3)28/h4-16,18,24,26H,1-3H3,(H,27,29)/t18-,24-/m0/s1. The molecule has 0 aliphatic heterocycles. The van der Waals surface area contributed by atoms with Crippen LogP contribution in [0.1, 0.15) is 46.9 Å². The maximum absolute atomic E-state index is 12.8. The topological polar surface area (TPSA) is 58.2 Å². The lowest BCUT2D eigenvalue weighted by Crippen LogP contribution is -2.40. The first-order valence-corrected chi connectivity index (χ1v) is 9.73. The lowest BCUT2D eigenvalue weighted by Gasteiger charge is -2.24. The Morgan fingerprint density at radius 3 is 2.14 bits per heavy atom. The third-order valence-electron chi connectivity index (χ3n) is 4.89. The van der Waals surface area contributed by atoms with E-state index in [4.69, 9.17) is 0 Å². The zero-order chi connectivity index (χ0) is 20.8. The van der Waals surface area contributed by atoms with Gasteiger partial charge in [0.1, 0.15) is 0 Å². The van der Waals surface area contributed by atoms with E-state index >= 15 is 0 Å². The number of ketones is 1. The Morgan fingerprint density at radius 1 is 0.828 bits per heavy atom. The average Bonchev–Trinajstić information content (AvgIpc) is 2.73. The van der Waals surface area contributed by atoms with Crippen LogP contribution >= 0.6 is 0 Å². The van der Waals surface area contributed by atoms with Crippen LogP contribution in [0.25, 0.3) is 0 Å². The number of hydrogen-bond donors (Lipinski definition) is 2. The number of amides is 1. The largest absolute Gasteiger partial charge is 0.325 e. The first kappa shape index (κ1) is 20.5. The highest BCUT2D eigenvalue weighted by atomic mass is 16.2. The fraction of sp³-hybridized carbons (Fsp3) is 0.200. The van der Waals surface area contributed by atoms with E-state index in [2.05, 4.69) is 54.0 Å². The molecule has 148 valence electrons. The summed E-state index contributed by atoms with van der Waals surface area (Å²) >= 11 is 0. The first-order chi connectivity index (χ1) is 13.9. The van der Waals surface area contributed by atoms with Gasteiger partial charge >= 0.3 is 0 Å². The summed E-state index contributed by atoms with van der Waals surface area (Å²) in [6.45, 7) is 5.41. The van der Waals surface area contributed by atoms with Crippen LogP contribution in [0, 0.1) is 6.92 Å². The number of rotatable bonds is 7. The number of carbonyl (C=O) groups is 2. The van der Waals surface area contributed by atoms with E-state index in [1.807, 2.05) is 25.1 Å². The molecule has 0 spiro atoms. The Kier molecular flexibility index (Phi) is 6.57. The Morgan fingerprint density at radius 2 is 1.48 bits per heavy atom. The molecule has 3 aromatic rings.